The first-order valence-electron chi connectivity index (χ1n) is 12.1. The summed E-state index contributed by atoms with van der Waals surface area (Å²) in [5.74, 6) is -2.41. The lowest BCUT2D eigenvalue weighted by Crippen LogP contribution is -2.51. The molecule has 3 aromatic carbocycles. The van der Waals surface area contributed by atoms with Crippen molar-refractivity contribution >= 4 is 50.0 Å². The van der Waals surface area contributed by atoms with Gasteiger partial charge in [0.2, 0.25) is 10.0 Å². The van der Waals surface area contributed by atoms with Crippen LogP contribution in [-0.4, -0.2) is 79.9 Å². The van der Waals surface area contributed by atoms with Crippen LogP contribution in [0.5, 0.6) is 0 Å². The van der Waals surface area contributed by atoms with Gasteiger partial charge in [0, 0.05) is 44.4 Å². The van der Waals surface area contributed by atoms with Crippen molar-refractivity contribution < 1.29 is 28.0 Å². The second-order valence-corrected chi connectivity index (χ2v) is 10.8. The van der Waals surface area contributed by atoms with Crippen LogP contribution < -0.4 is 20.7 Å². The van der Waals surface area contributed by atoms with Crippen molar-refractivity contribution in [3.05, 3.63) is 76.3 Å². The number of nitro groups is 1. The summed E-state index contributed by atoms with van der Waals surface area (Å²) in [5.41, 5.74) is 5.36. The molecule has 210 valence electrons. The number of nitrogens with two attached hydrogens (primary N) is 1. The van der Waals surface area contributed by atoms with E-state index in [0.29, 0.717) is 31.6 Å². The molecule has 1 saturated heterocycles. The lowest BCUT2D eigenvalue weighted by Gasteiger charge is -2.35. The summed E-state index contributed by atoms with van der Waals surface area (Å²) in [7, 11) is -4.26. The molecule has 1 heterocycles. The number of anilines is 1. The Kier molecular flexibility index (Phi) is 8.16. The summed E-state index contributed by atoms with van der Waals surface area (Å²) in [5, 5.41) is 32.7. The van der Waals surface area contributed by atoms with Crippen molar-refractivity contribution in [1.29, 1.82) is 5.41 Å². The van der Waals surface area contributed by atoms with E-state index in [1.165, 1.54) is 24.3 Å². The van der Waals surface area contributed by atoms with E-state index in [0.717, 1.165) is 11.5 Å². The lowest BCUT2D eigenvalue weighted by molar-refractivity contribution is -0.384. The van der Waals surface area contributed by atoms with Crippen molar-refractivity contribution in [3.63, 3.8) is 0 Å². The molecule has 14 nitrogen and oxygen atoms in total. The van der Waals surface area contributed by atoms with E-state index >= 15 is 0 Å². The number of nitrogens with zero attached hydrogens (tertiary/aromatic N) is 3. The molecule has 40 heavy (non-hydrogen) atoms. The summed E-state index contributed by atoms with van der Waals surface area (Å²) in [4.78, 5) is 39.0. The van der Waals surface area contributed by atoms with E-state index in [2.05, 4.69) is 10.0 Å². The van der Waals surface area contributed by atoms with Crippen LogP contribution in [0.4, 0.5) is 11.4 Å². The minimum Gasteiger partial charge on any atom is -0.480 e. The second kappa shape index (κ2) is 11.5. The van der Waals surface area contributed by atoms with Gasteiger partial charge in [-0.1, -0.05) is 30.3 Å². The Hall–Kier alpha value is -4.76. The molecule has 0 spiro atoms. The van der Waals surface area contributed by atoms with E-state index in [4.69, 9.17) is 11.1 Å². The molecule has 0 unspecified atom stereocenters. The van der Waals surface area contributed by atoms with Gasteiger partial charge in [-0.05, 0) is 35.0 Å². The van der Waals surface area contributed by atoms with Gasteiger partial charge in [0.15, 0.2) is 5.96 Å². The number of amides is 1. The molecular formula is C25H27N7O7S. The lowest BCUT2D eigenvalue weighted by atomic mass is 10.1. The molecule has 1 fully saturated rings. The monoisotopic (exact) mass is 569 g/mol. The van der Waals surface area contributed by atoms with Gasteiger partial charge in [-0.2, -0.15) is 4.72 Å². The van der Waals surface area contributed by atoms with Crippen LogP contribution in [0.3, 0.4) is 0 Å². The van der Waals surface area contributed by atoms with Crippen molar-refractivity contribution in [2.75, 3.05) is 37.6 Å². The number of piperazine rings is 1. The maximum absolute atomic E-state index is 12.9. The average Bonchev–Trinajstić information content (AvgIpc) is 2.94. The molecule has 0 bridgehead atoms. The predicted octanol–water partition coefficient (Wildman–Crippen LogP) is 0.925. The summed E-state index contributed by atoms with van der Waals surface area (Å²) in [6.45, 7) is 0.956. The quantitative estimate of drug-likeness (QED) is 0.106. The number of fused-ring (bicyclic) bond motifs is 1. The smallest absolute Gasteiger partial charge is 0.323 e. The molecule has 1 aliphatic heterocycles. The summed E-state index contributed by atoms with van der Waals surface area (Å²) in [6.07, 6.45) is 0. The number of aliphatic carboxylic acids is 1. The van der Waals surface area contributed by atoms with Crippen LogP contribution in [0, 0.1) is 15.5 Å². The van der Waals surface area contributed by atoms with Gasteiger partial charge < -0.3 is 26.0 Å². The highest BCUT2D eigenvalue weighted by atomic mass is 32.2. The fraction of sp³-hybridized carbons (Fsp3) is 0.240. The van der Waals surface area contributed by atoms with Crippen LogP contribution in [0.1, 0.15) is 10.4 Å². The molecule has 1 aliphatic rings. The fourth-order valence-electron chi connectivity index (χ4n) is 4.33. The SMILES string of the molecule is N=C(N)N1CCN(c2ccc(C(=O)NC[C@H](NS(=O)(=O)c3ccc4ccccc4c3)C(=O)O)cc2[N+](=O)[O-])CC1. The van der Waals surface area contributed by atoms with Gasteiger partial charge in [-0.25, -0.2) is 8.42 Å². The van der Waals surface area contributed by atoms with Gasteiger partial charge in [0.05, 0.1) is 9.82 Å². The Labute approximate surface area is 229 Å². The maximum atomic E-state index is 12.9. The molecule has 0 saturated carbocycles. The number of guanidine groups is 1. The third kappa shape index (κ3) is 6.27. The Bertz CT molecular complexity index is 1590. The number of sulfonamides is 1. The van der Waals surface area contributed by atoms with Gasteiger partial charge >= 0.3 is 5.97 Å². The summed E-state index contributed by atoms with van der Waals surface area (Å²) < 4.78 is 27.9. The molecule has 3 aromatic rings. The van der Waals surface area contributed by atoms with Gasteiger partial charge in [-0.15, -0.1) is 0 Å². The van der Waals surface area contributed by atoms with Crippen LogP contribution in [0.25, 0.3) is 10.8 Å². The number of benzene rings is 3. The van der Waals surface area contributed by atoms with E-state index in [1.54, 1.807) is 40.1 Å². The number of rotatable bonds is 9. The molecule has 0 aliphatic carbocycles. The molecule has 0 radical (unpaired) electrons. The van der Waals surface area contributed by atoms with Crippen molar-refractivity contribution in [3.8, 4) is 0 Å². The topological polar surface area (TPSA) is 212 Å². The van der Waals surface area contributed by atoms with Crippen LogP contribution in [0.15, 0.2) is 65.6 Å². The minimum atomic E-state index is -4.26. The number of carbonyl (C=O) groups is 2. The number of nitro benzene ring substituents is 1. The summed E-state index contributed by atoms with van der Waals surface area (Å²) in [6, 6.07) is 13.6. The minimum absolute atomic E-state index is 0.0830. The van der Waals surface area contributed by atoms with Gasteiger partial charge in [-0.3, -0.25) is 25.1 Å². The highest BCUT2D eigenvalue weighted by molar-refractivity contribution is 7.89. The van der Waals surface area contributed by atoms with Crippen molar-refractivity contribution in [2.24, 2.45) is 5.73 Å². The number of carbonyl (C=O) groups excluding carboxylic acids is 1. The normalized spacial score (nSPS) is 14.5. The molecule has 0 aromatic heterocycles. The molecule has 6 N–H and O–H groups in total. The predicted molar refractivity (Wildman–Crippen MR) is 147 cm³/mol. The van der Waals surface area contributed by atoms with Gasteiger partial charge in [0.25, 0.3) is 11.6 Å². The number of carboxylic acid groups (broad SMARTS) is 1. The Morgan fingerprint density at radius 2 is 1.73 bits per heavy atom. The highest BCUT2D eigenvalue weighted by Crippen LogP contribution is 2.30. The zero-order chi connectivity index (χ0) is 29.0. The van der Waals surface area contributed by atoms with Crippen molar-refractivity contribution in [1.82, 2.24) is 14.9 Å². The molecule has 1 atom stereocenters. The molecular weight excluding hydrogens is 542 g/mol. The molecule has 4 rings (SSSR count). The second-order valence-electron chi connectivity index (χ2n) is 9.05. The Morgan fingerprint density at radius 3 is 2.35 bits per heavy atom. The highest BCUT2D eigenvalue weighted by Gasteiger charge is 2.28. The number of hydrogen-bond acceptors (Lipinski definition) is 8. The van der Waals surface area contributed by atoms with Crippen LogP contribution in [0.2, 0.25) is 0 Å². The standard InChI is InChI=1S/C25H27N7O7S/c26-25(27)31-11-9-30(10-12-31)21-8-6-18(14-22(21)32(36)37)23(33)28-15-20(24(34)35)29-40(38,39)19-7-5-16-3-1-2-4-17(16)13-19/h1-8,13-14,20,29H,9-12,15H2,(H3,26,27)(H,28,33)(H,34,35)/t20-/m0/s1. The van der Waals surface area contributed by atoms with E-state index in [9.17, 15) is 33.2 Å². The number of nitrogens with one attached hydrogen (secondary N) is 3. The first-order valence-corrected chi connectivity index (χ1v) is 13.6. The van der Waals surface area contributed by atoms with Crippen molar-refractivity contribution in [2.45, 2.75) is 10.9 Å². The number of carboxylic acids is 1. The molecule has 15 heteroatoms. The Balaban J connectivity index is 1.45. The third-order valence-electron chi connectivity index (χ3n) is 6.49. The first-order chi connectivity index (χ1) is 19.0. The van der Waals surface area contributed by atoms with E-state index < -0.39 is 39.4 Å². The zero-order valence-electron chi connectivity index (χ0n) is 21.1. The van der Waals surface area contributed by atoms with E-state index in [1.807, 2.05) is 0 Å². The zero-order valence-corrected chi connectivity index (χ0v) is 21.9. The number of hydrogen-bond donors (Lipinski definition) is 5. The van der Waals surface area contributed by atoms with Crippen LogP contribution in [-0.2, 0) is 14.8 Å². The van der Waals surface area contributed by atoms with Gasteiger partial charge in [0.1, 0.15) is 11.7 Å². The Morgan fingerprint density at radius 1 is 1.05 bits per heavy atom. The summed E-state index contributed by atoms with van der Waals surface area (Å²) >= 11 is 0. The first kappa shape index (κ1) is 28.3. The average molecular weight is 570 g/mol. The fourth-order valence-corrected chi connectivity index (χ4v) is 5.56. The van der Waals surface area contributed by atoms with Crippen LogP contribution >= 0.6 is 0 Å². The molecule has 1 amide bonds. The largest absolute Gasteiger partial charge is 0.480 e. The third-order valence-corrected chi connectivity index (χ3v) is 7.96. The van der Waals surface area contributed by atoms with E-state index in [-0.39, 0.29) is 27.8 Å². The maximum Gasteiger partial charge on any atom is 0.323 e.